The molecule has 1 aliphatic heterocycles. The lowest BCUT2D eigenvalue weighted by atomic mass is 10.2. The molecule has 0 aliphatic carbocycles. The highest BCUT2D eigenvalue weighted by atomic mass is 127. The SMILES string of the molecule is CN=C(NCCCCN1CCN(c2ccccc2)CC1)NCc1ccnn1C.I. The number of aliphatic imine (C=N–C) groups is 1. The molecule has 1 aromatic carbocycles. The van der Waals surface area contributed by atoms with Gasteiger partial charge in [-0.1, -0.05) is 18.2 Å². The molecule has 0 saturated carbocycles. The Morgan fingerprint density at radius 2 is 1.79 bits per heavy atom. The van der Waals surface area contributed by atoms with Gasteiger partial charge in [0, 0.05) is 58.7 Å². The van der Waals surface area contributed by atoms with E-state index in [9.17, 15) is 0 Å². The number of aryl methyl sites for hydroxylation is 1. The molecule has 0 bridgehead atoms. The van der Waals surface area contributed by atoms with Gasteiger partial charge in [0.1, 0.15) is 0 Å². The van der Waals surface area contributed by atoms with Crippen LogP contribution in [0.4, 0.5) is 5.69 Å². The zero-order chi connectivity index (χ0) is 19.6. The largest absolute Gasteiger partial charge is 0.369 e. The fraction of sp³-hybridized carbons (Fsp3) is 0.524. The van der Waals surface area contributed by atoms with Crippen molar-refractivity contribution in [3.63, 3.8) is 0 Å². The highest BCUT2D eigenvalue weighted by Gasteiger charge is 2.16. The van der Waals surface area contributed by atoms with Crippen molar-refractivity contribution in [2.45, 2.75) is 19.4 Å². The smallest absolute Gasteiger partial charge is 0.191 e. The van der Waals surface area contributed by atoms with Gasteiger partial charge >= 0.3 is 0 Å². The normalized spacial score (nSPS) is 15.1. The third kappa shape index (κ3) is 7.50. The highest BCUT2D eigenvalue weighted by Crippen LogP contribution is 2.15. The van der Waals surface area contributed by atoms with Crippen LogP contribution >= 0.6 is 24.0 Å². The predicted molar refractivity (Wildman–Crippen MR) is 131 cm³/mol. The molecule has 1 fully saturated rings. The van der Waals surface area contributed by atoms with Crippen molar-refractivity contribution in [2.75, 3.05) is 51.2 Å². The van der Waals surface area contributed by atoms with E-state index in [1.807, 2.05) is 31.0 Å². The molecule has 0 radical (unpaired) electrons. The Hall–Kier alpha value is -1.81. The quantitative estimate of drug-likeness (QED) is 0.247. The van der Waals surface area contributed by atoms with E-state index >= 15 is 0 Å². The van der Waals surface area contributed by atoms with E-state index in [0.29, 0.717) is 0 Å². The van der Waals surface area contributed by atoms with Crippen molar-refractivity contribution in [3.05, 3.63) is 48.3 Å². The highest BCUT2D eigenvalue weighted by molar-refractivity contribution is 14.0. The Bertz CT molecular complexity index is 724. The average molecular weight is 511 g/mol. The van der Waals surface area contributed by atoms with Crippen LogP contribution in [0.15, 0.2) is 47.6 Å². The monoisotopic (exact) mass is 511 g/mol. The number of aromatic nitrogens is 2. The molecule has 160 valence electrons. The molecule has 29 heavy (non-hydrogen) atoms. The molecule has 0 amide bonds. The second kappa shape index (κ2) is 12.7. The van der Waals surface area contributed by atoms with E-state index in [2.05, 4.69) is 60.9 Å². The molecule has 1 aromatic heterocycles. The van der Waals surface area contributed by atoms with Crippen LogP contribution in [0.25, 0.3) is 0 Å². The summed E-state index contributed by atoms with van der Waals surface area (Å²) in [4.78, 5) is 9.35. The topological polar surface area (TPSA) is 60.7 Å². The Kier molecular flexibility index (Phi) is 10.3. The van der Waals surface area contributed by atoms with Gasteiger partial charge in [0.05, 0.1) is 12.2 Å². The summed E-state index contributed by atoms with van der Waals surface area (Å²) in [5, 5.41) is 10.9. The van der Waals surface area contributed by atoms with Crippen LogP contribution in [-0.2, 0) is 13.6 Å². The van der Waals surface area contributed by atoms with Crippen molar-refractivity contribution in [1.29, 1.82) is 0 Å². The van der Waals surface area contributed by atoms with Gasteiger partial charge in [-0.3, -0.25) is 14.6 Å². The lowest BCUT2D eigenvalue weighted by Gasteiger charge is -2.36. The Morgan fingerprint density at radius 3 is 2.45 bits per heavy atom. The lowest BCUT2D eigenvalue weighted by molar-refractivity contribution is 0.253. The number of rotatable bonds is 8. The second-order valence-electron chi connectivity index (χ2n) is 7.17. The van der Waals surface area contributed by atoms with Gasteiger partial charge in [-0.15, -0.1) is 24.0 Å². The van der Waals surface area contributed by atoms with Gasteiger partial charge in [-0.25, -0.2) is 0 Å². The van der Waals surface area contributed by atoms with Gasteiger partial charge < -0.3 is 15.5 Å². The fourth-order valence-corrected chi connectivity index (χ4v) is 3.51. The zero-order valence-electron chi connectivity index (χ0n) is 17.5. The first kappa shape index (κ1) is 23.5. The van der Waals surface area contributed by atoms with Gasteiger partial charge in [0.15, 0.2) is 5.96 Å². The van der Waals surface area contributed by atoms with Crippen molar-refractivity contribution in [1.82, 2.24) is 25.3 Å². The summed E-state index contributed by atoms with van der Waals surface area (Å²) < 4.78 is 1.87. The number of unbranched alkanes of at least 4 members (excludes halogenated alkanes) is 1. The minimum atomic E-state index is 0. The van der Waals surface area contributed by atoms with Crippen LogP contribution in [0.1, 0.15) is 18.5 Å². The molecule has 1 aliphatic rings. The molecule has 0 spiro atoms. The van der Waals surface area contributed by atoms with Crippen LogP contribution in [0.3, 0.4) is 0 Å². The zero-order valence-corrected chi connectivity index (χ0v) is 19.9. The molecule has 1 saturated heterocycles. The maximum absolute atomic E-state index is 4.29. The number of anilines is 1. The van der Waals surface area contributed by atoms with Crippen LogP contribution in [0.2, 0.25) is 0 Å². The van der Waals surface area contributed by atoms with E-state index in [1.165, 1.54) is 18.7 Å². The summed E-state index contributed by atoms with van der Waals surface area (Å²) in [5.41, 5.74) is 2.48. The maximum Gasteiger partial charge on any atom is 0.191 e. The molecule has 2 N–H and O–H groups in total. The Balaban J connectivity index is 0.00000300. The summed E-state index contributed by atoms with van der Waals surface area (Å²) in [5.74, 6) is 0.845. The second-order valence-corrected chi connectivity index (χ2v) is 7.17. The molecular weight excluding hydrogens is 477 g/mol. The van der Waals surface area contributed by atoms with Crippen LogP contribution < -0.4 is 15.5 Å². The molecule has 2 aromatic rings. The summed E-state index contributed by atoms with van der Waals surface area (Å²) in [6.45, 7) is 7.37. The standard InChI is InChI=1S/C21H33N7.HI/c1-22-21(24-18-20-10-12-25-26(20)2)23-11-6-7-13-27-14-16-28(17-15-27)19-8-4-3-5-9-19;/h3-5,8-10,12H,6-7,11,13-18H2,1-2H3,(H2,22,23,24);1H. The Morgan fingerprint density at radius 1 is 1.03 bits per heavy atom. The lowest BCUT2D eigenvalue weighted by Crippen LogP contribution is -2.46. The van der Waals surface area contributed by atoms with E-state index in [1.54, 1.807) is 0 Å². The summed E-state index contributed by atoms with van der Waals surface area (Å²) in [7, 11) is 3.76. The molecule has 7 nitrogen and oxygen atoms in total. The maximum atomic E-state index is 4.29. The Labute approximate surface area is 191 Å². The average Bonchev–Trinajstić information content (AvgIpc) is 3.16. The van der Waals surface area contributed by atoms with E-state index in [4.69, 9.17) is 0 Å². The summed E-state index contributed by atoms with van der Waals surface area (Å²) >= 11 is 0. The van der Waals surface area contributed by atoms with Crippen LogP contribution in [-0.4, -0.2) is 67.0 Å². The first-order chi connectivity index (χ1) is 13.8. The number of para-hydroxylation sites is 1. The first-order valence-electron chi connectivity index (χ1n) is 10.2. The van der Waals surface area contributed by atoms with E-state index in [-0.39, 0.29) is 24.0 Å². The van der Waals surface area contributed by atoms with Gasteiger partial charge in [-0.2, -0.15) is 5.10 Å². The first-order valence-corrected chi connectivity index (χ1v) is 10.2. The number of piperazine rings is 1. The van der Waals surface area contributed by atoms with Crippen molar-refractivity contribution in [3.8, 4) is 0 Å². The predicted octanol–water partition coefficient (Wildman–Crippen LogP) is 2.31. The minimum Gasteiger partial charge on any atom is -0.369 e. The van der Waals surface area contributed by atoms with Gasteiger partial charge in [0.25, 0.3) is 0 Å². The number of guanidine groups is 1. The molecule has 0 atom stereocenters. The number of halogens is 1. The number of nitrogens with zero attached hydrogens (tertiary/aromatic N) is 5. The fourth-order valence-electron chi connectivity index (χ4n) is 3.51. The summed E-state index contributed by atoms with van der Waals surface area (Å²) in [6.07, 6.45) is 4.16. The van der Waals surface area contributed by atoms with Crippen molar-refractivity contribution >= 4 is 35.6 Å². The molecule has 8 heteroatoms. The van der Waals surface area contributed by atoms with Gasteiger partial charge in [-0.05, 0) is 37.6 Å². The molecule has 2 heterocycles. The third-order valence-electron chi connectivity index (χ3n) is 5.27. The van der Waals surface area contributed by atoms with E-state index in [0.717, 1.165) is 57.3 Å². The number of hydrogen-bond donors (Lipinski definition) is 2. The van der Waals surface area contributed by atoms with Crippen molar-refractivity contribution in [2.24, 2.45) is 12.0 Å². The van der Waals surface area contributed by atoms with Gasteiger partial charge in [0.2, 0.25) is 0 Å². The minimum absolute atomic E-state index is 0. The number of nitrogens with one attached hydrogen (secondary N) is 2. The van der Waals surface area contributed by atoms with Crippen molar-refractivity contribution < 1.29 is 0 Å². The van der Waals surface area contributed by atoms with Crippen LogP contribution in [0.5, 0.6) is 0 Å². The summed E-state index contributed by atoms with van der Waals surface area (Å²) in [6, 6.07) is 12.7. The molecule has 0 unspecified atom stereocenters. The number of hydrogen-bond acceptors (Lipinski definition) is 4. The third-order valence-corrected chi connectivity index (χ3v) is 5.27. The van der Waals surface area contributed by atoms with E-state index < -0.39 is 0 Å². The molecular formula is C21H34IN7. The number of benzene rings is 1. The molecule has 3 rings (SSSR count). The van der Waals surface area contributed by atoms with Crippen LogP contribution in [0, 0.1) is 0 Å².